The highest BCUT2D eigenvalue weighted by molar-refractivity contribution is 5.91. The first kappa shape index (κ1) is 12.8. The van der Waals surface area contributed by atoms with Gasteiger partial charge in [-0.2, -0.15) is 0 Å². The molecule has 98 valence electrons. The van der Waals surface area contributed by atoms with Crippen molar-refractivity contribution in [3.63, 3.8) is 0 Å². The Kier molecular flexibility index (Phi) is 4.11. The predicted molar refractivity (Wildman–Crippen MR) is 65.5 cm³/mol. The molecule has 0 saturated carbocycles. The normalized spacial score (nSPS) is 23.6. The first-order valence-electron chi connectivity index (χ1n) is 5.90. The summed E-state index contributed by atoms with van der Waals surface area (Å²) in [7, 11) is 0. The van der Waals surface area contributed by atoms with Crippen molar-refractivity contribution in [2.45, 2.75) is 19.1 Å². The summed E-state index contributed by atoms with van der Waals surface area (Å²) in [6.45, 7) is 4.06. The van der Waals surface area contributed by atoms with Crippen molar-refractivity contribution in [2.24, 2.45) is 5.73 Å². The third kappa shape index (κ3) is 3.41. The number of aromatic nitrogens is 1. The van der Waals surface area contributed by atoms with Crippen molar-refractivity contribution in [1.29, 1.82) is 0 Å². The van der Waals surface area contributed by atoms with Crippen LogP contribution in [0.4, 0.5) is 0 Å². The smallest absolute Gasteiger partial charge is 0.267 e. The molecule has 1 amide bonds. The van der Waals surface area contributed by atoms with Gasteiger partial charge in [0.2, 0.25) is 0 Å². The molecule has 0 radical (unpaired) electrons. The Morgan fingerprint density at radius 3 is 3.22 bits per heavy atom. The van der Waals surface area contributed by atoms with Crippen LogP contribution in [0.1, 0.15) is 17.4 Å². The second-order valence-corrected chi connectivity index (χ2v) is 4.28. The molecule has 1 aromatic rings. The number of nitrogens with zero attached hydrogens (tertiary/aromatic N) is 1. The van der Waals surface area contributed by atoms with Crippen LogP contribution in [0, 0.1) is 0 Å². The van der Waals surface area contributed by atoms with Crippen molar-refractivity contribution in [1.82, 2.24) is 10.3 Å². The van der Waals surface area contributed by atoms with E-state index in [4.69, 9.17) is 15.2 Å². The lowest BCUT2D eigenvalue weighted by Gasteiger charge is -2.28. The van der Waals surface area contributed by atoms with Gasteiger partial charge < -0.3 is 20.5 Å². The Hall–Kier alpha value is -1.66. The standard InChI is InChI=1S/C12H17N3O3/c1-8-5-14-6-10(18-8)7-17-9-2-3-15-11(4-9)12(13)16/h2-4,8,10,14H,5-7H2,1H3,(H2,13,16). The first-order valence-corrected chi connectivity index (χ1v) is 5.90. The predicted octanol–water partition coefficient (Wildman–Crippen LogP) is -0.0638. The largest absolute Gasteiger partial charge is 0.491 e. The maximum atomic E-state index is 11.0. The zero-order chi connectivity index (χ0) is 13.0. The van der Waals surface area contributed by atoms with Gasteiger partial charge in [-0.1, -0.05) is 0 Å². The molecule has 6 heteroatoms. The SMILES string of the molecule is CC1CNCC(COc2ccnc(C(N)=O)c2)O1. The summed E-state index contributed by atoms with van der Waals surface area (Å²) in [5, 5.41) is 3.26. The molecule has 1 aliphatic heterocycles. The number of hydrogen-bond donors (Lipinski definition) is 2. The highest BCUT2D eigenvalue weighted by Gasteiger charge is 2.19. The van der Waals surface area contributed by atoms with Gasteiger partial charge in [0.1, 0.15) is 24.2 Å². The van der Waals surface area contributed by atoms with Gasteiger partial charge in [-0.25, -0.2) is 0 Å². The third-order valence-corrected chi connectivity index (χ3v) is 2.65. The number of ether oxygens (including phenoxy) is 2. The molecule has 3 N–H and O–H groups in total. The molecule has 18 heavy (non-hydrogen) atoms. The topological polar surface area (TPSA) is 86.5 Å². The molecule has 2 heterocycles. The Labute approximate surface area is 105 Å². The number of amides is 1. The van der Waals surface area contributed by atoms with Crippen molar-refractivity contribution in [2.75, 3.05) is 19.7 Å². The second-order valence-electron chi connectivity index (χ2n) is 4.28. The molecular weight excluding hydrogens is 234 g/mol. The van der Waals surface area contributed by atoms with Crippen LogP contribution in [0.15, 0.2) is 18.3 Å². The van der Waals surface area contributed by atoms with E-state index in [2.05, 4.69) is 10.3 Å². The molecule has 2 unspecified atom stereocenters. The molecule has 0 aliphatic carbocycles. The highest BCUT2D eigenvalue weighted by Crippen LogP contribution is 2.12. The summed E-state index contributed by atoms with van der Waals surface area (Å²) in [5.74, 6) is 0.00489. The molecule has 0 bridgehead atoms. The molecule has 6 nitrogen and oxygen atoms in total. The van der Waals surface area contributed by atoms with E-state index in [9.17, 15) is 4.79 Å². The molecule has 2 atom stereocenters. The number of morpholine rings is 1. The van der Waals surface area contributed by atoms with Gasteiger partial charge >= 0.3 is 0 Å². The van der Waals surface area contributed by atoms with E-state index in [0.29, 0.717) is 12.4 Å². The van der Waals surface area contributed by atoms with Crippen LogP contribution < -0.4 is 15.8 Å². The van der Waals surface area contributed by atoms with Gasteiger partial charge in [-0.05, 0) is 13.0 Å². The Morgan fingerprint density at radius 2 is 2.50 bits per heavy atom. The van der Waals surface area contributed by atoms with E-state index in [0.717, 1.165) is 13.1 Å². The number of pyridine rings is 1. The van der Waals surface area contributed by atoms with E-state index in [1.54, 1.807) is 6.07 Å². The molecule has 2 rings (SSSR count). The average Bonchev–Trinajstić information content (AvgIpc) is 2.37. The van der Waals surface area contributed by atoms with Crippen LogP contribution in [-0.4, -0.2) is 42.8 Å². The van der Waals surface area contributed by atoms with Gasteiger partial charge in [0, 0.05) is 25.4 Å². The Balaban J connectivity index is 1.89. The summed E-state index contributed by atoms with van der Waals surface area (Å²) >= 11 is 0. The quantitative estimate of drug-likeness (QED) is 0.782. The molecule has 1 fully saturated rings. The maximum absolute atomic E-state index is 11.0. The number of nitrogens with one attached hydrogen (secondary N) is 1. The zero-order valence-corrected chi connectivity index (χ0v) is 10.3. The van der Waals surface area contributed by atoms with Crippen LogP contribution in [0.5, 0.6) is 5.75 Å². The molecule has 0 spiro atoms. The van der Waals surface area contributed by atoms with Crippen LogP contribution >= 0.6 is 0 Å². The van der Waals surface area contributed by atoms with Crippen molar-refractivity contribution in [3.8, 4) is 5.75 Å². The average molecular weight is 251 g/mol. The fourth-order valence-electron chi connectivity index (χ4n) is 1.80. The number of nitrogens with two attached hydrogens (primary N) is 1. The van der Waals surface area contributed by atoms with E-state index in [1.807, 2.05) is 6.92 Å². The maximum Gasteiger partial charge on any atom is 0.267 e. The van der Waals surface area contributed by atoms with Gasteiger partial charge in [-0.15, -0.1) is 0 Å². The monoisotopic (exact) mass is 251 g/mol. The number of carbonyl (C=O) groups excluding carboxylic acids is 1. The summed E-state index contributed by atoms with van der Waals surface area (Å²) < 4.78 is 11.3. The Bertz CT molecular complexity index is 425. The highest BCUT2D eigenvalue weighted by atomic mass is 16.5. The zero-order valence-electron chi connectivity index (χ0n) is 10.3. The number of primary amides is 1. The van der Waals surface area contributed by atoms with Crippen LogP contribution in [0.3, 0.4) is 0 Å². The van der Waals surface area contributed by atoms with E-state index < -0.39 is 5.91 Å². The lowest BCUT2D eigenvalue weighted by molar-refractivity contribution is -0.0470. The van der Waals surface area contributed by atoms with Crippen LogP contribution in [0.25, 0.3) is 0 Å². The second kappa shape index (κ2) is 5.79. The minimum atomic E-state index is -0.565. The van der Waals surface area contributed by atoms with Gasteiger partial charge in [0.15, 0.2) is 0 Å². The van der Waals surface area contributed by atoms with Crippen LogP contribution in [-0.2, 0) is 4.74 Å². The van der Waals surface area contributed by atoms with Gasteiger partial charge in [0.05, 0.1) is 6.10 Å². The number of rotatable bonds is 4. The fourth-order valence-corrected chi connectivity index (χ4v) is 1.80. The van der Waals surface area contributed by atoms with Crippen LogP contribution in [0.2, 0.25) is 0 Å². The van der Waals surface area contributed by atoms with E-state index >= 15 is 0 Å². The first-order chi connectivity index (χ1) is 8.65. The van der Waals surface area contributed by atoms with Gasteiger partial charge in [0.25, 0.3) is 5.91 Å². The summed E-state index contributed by atoms with van der Waals surface area (Å²) in [6.07, 6.45) is 1.70. The summed E-state index contributed by atoms with van der Waals surface area (Å²) in [4.78, 5) is 14.8. The lowest BCUT2D eigenvalue weighted by atomic mass is 10.2. The van der Waals surface area contributed by atoms with Gasteiger partial charge in [-0.3, -0.25) is 9.78 Å². The minimum Gasteiger partial charge on any atom is -0.491 e. The van der Waals surface area contributed by atoms with Crippen molar-refractivity contribution >= 4 is 5.91 Å². The molecule has 0 aromatic carbocycles. The minimum absolute atomic E-state index is 0.0129. The van der Waals surface area contributed by atoms with Crippen molar-refractivity contribution < 1.29 is 14.3 Å². The fraction of sp³-hybridized carbons (Fsp3) is 0.500. The lowest BCUT2D eigenvalue weighted by Crippen LogP contribution is -2.45. The summed E-state index contributed by atoms with van der Waals surface area (Å²) in [5.41, 5.74) is 5.35. The van der Waals surface area contributed by atoms with Crippen molar-refractivity contribution in [3.05, 3.63) is 24.0 Å². The molecule has 1 saturated heterocycles. The third-order valence-electron chi connectivity index (χ3n) is 2.65. The number of carbonyl (C=O) groups is 1. The van der Waals surface area contributed by atoms with E-state index in [1.165, 1.54) is 12.3 Å². The number of hydrogen-bond acceptors (Lipinski definition) is 5. The Morgan fingerprint density at radius 1 is 1.67 bits per heavy atom. The molecule has 1 aliphatic rings. The molecular formula is C12H17N3O3. The molecule has 1 aromatic heterocycles. The summed E-state index contributed by atoms with van der Waals surface area (Å²) in [6, 6.07) is 3.22. The van der Waals surface area contributed by atoms with E-state index in [-0.39, 0.29) is 17.9 Å².